The lowest BCUT2D eigenvalue weighted by molar-refractivity contribution is -0.128. The first-order valence-corrected chi connectivity index (χ1v) is 7.87. The zero-order valence-corrected chi connectivity index (χ0v) is 14.7. The van der Waals surface area contributed by atoms with Crippen molar-refractivity contribution in [1.29, 1.82) is 0 Å². The number of hydrogen-bond donors (Lipinski definition) is 0. The Morgan fingerprint density at radius 1 is 1.39 bits per heavy atom. The monoisotopic (exact) mass is 313 g/mol. The summed E-state index contributed by atoms with van der Waals surface area (Å²) in [6, 6.07) is 8.01. The van der Waals surface area contributed by atoms with Gasteiger partial charge in [0.25, 0.3) is 0 Å². The Bertz CT molecular complexity index is 604. The summed E-state index contributed by atoms with van der Waals surface area (Å²) in [4.78, 5) is 13.7. The van der Waals surface area contributed by atoms with Crippen molar-refractivity contribution in [2.75, 3.05) is 12.1 Å². The first kappa shape index (κ1) is 18.7. The van der Waals surface area contributed by atoms with E-state index in [0.717, 1.165) is 29.8 Å². The van der Waals surface area contributed by atoms with E-state index in [-0.39, 0.29) is 5.91 Å². The Morgan fingerprint density at radius 3 is 2.65 bits per heavy atom. The third-order valence-electron chi connectivity index (χ3n) is 3.65. The van der Waals surface area contributed by atoms with E-state index in [2.05, 4.69) is 25.3 Å². The minimum absolute atomic E-state index is 0.0783. The van der Waals surface area contributed by atoms with Crippen LogP contribution in [0.25, 0.3) is 0 Å². The SMILES string of the molecule is C=NN(/C(C)=C/C(=C)N(C)C(=O)CCCC)c1cccc(C)c1. The quantitative estimate of drug-likeness (QED) is 0.403. The standard InChI is InChI=1S/C19H27N3O/c1-7-8-12-19(23)21(6)16(3)14-17(4)22(20-5)18-11-9-10-15(2)13-18/h9-11,13-14H,3,5,7-8,12H2,1-2,4,6H3/b17-14+. The number of allylic oxidation sites excluding steroid dienone is 2. The third-order valence-corrected chi connectivity index (χ3v) is 3.65. The number of anilines is 1. The molecule has 0 radical (unpaired) electrons. The fourth-order valence-electron chi connectivity index (χ4n) is 2.21. The number of benzene rings is 1. The summed E-state index contributed by atoms with van der Waals surface area (Å²) in [5.74, 6) is 0.0783. The van der Waals surface area contributed by atoms with Crippen molar-refractivity contribution in [1.82, 2.24) is 4.90 Å². The Hall–Kier alpha value is -2.36. The van der Waals surface area contributed by atoms with Gasteiger partial charge in [-0.15, -0.1) is 0 Å². The van der Waals surface area contributed by atoms with E-state index in [1.807, 2.05) is 44.2 Å². The maximum Gasteiger partial charge on any atom is 0.226 e. The summed E-state index contributed by atoms with van der Waals surface area (Å²) < 4.78 is 0. The second kappa shape index (κ2) is 8.93. The van der Waals surface area contributed by atoms with Crippen molar-refractivity contribution in [3.05, 3.63) is 53.9 Å². The lowest BCUT2D eigenvalue weighted by Crippen LogP contribution is -2.25. The van der Waals surface area contributed by atoms with Crippen LogP contribution in [0.3, 0.4) is 0 Å². The van der Waals surface area contributed by atoms with Gasteiger partial charge in [-0.2, -0.15) is 5.10 Å². The lowest BCUT2D eigenvalue weighted by atomic mass is 10.2. The number of carbonyl (C=O) groups is 1. The molecule has 0 bridgehead atoms. The van der Waals surface area contributed by atoms with Crippen LogP contribution in [0.15, 0.2) is 53.4 Å². The highest BCUT2D eigenvalue weighted by Gasteiger charge is 2.12. The number of amides is 1. The fraction of sp³-hybridized carbons (Fsp3) is 0.368. The van der Waals surface area contributed by atoms with Crippen molar-refractivity contribution in [3.63, 3.8) is 0 Å². The molecule has 0 saturated heterocycles. The largest absolute Gasteiger partial charge is 0.316 e. The highest BCUT2D eigenvalue weighted by molar-refractivity contribution is 5.78. The molecule has 0 N–H and O–H groups in total. The summed E-state index contributed by atoms with van der Waals surface area (Å²) in [6.45, 7) is 13.7. The van der Waals surface area contributed by atoms with Gasteiger partial charge in [0.2, 0.25) is 5.91 Å². The van der Waals surface area contributed by atoms with Gasteiger partial charge in [0.15, 0.2) is 0 Å². The van der Waals surface area contributed by atoms with E-state index in [1.54, 1.807) is 17.0 Å². The van der Waals surface area contributed by atoms with E-state index >= 15 is 0 Å². The van der Waals surface area contributed by atoms with Gasteiger partial charge in [-0.3, -0.25) is 4.79 Å². The van der Waals surface area contributed by atoms with Gasteiger partial charge in [0, 0.05) is 31.6 Å². The lowest BCUT2D eigenvalue weighted by Gasteiger charge is -2.22. The van der Waals surface area contributed by atoms with Crippen molar-refractivity contribution in [2.45, 2.75) is 40.0 Å². The number of hydrogen-bond acceptors (Lipinski definition) is 3. The van der Waals surface area contributed by atoms with Gasteiger partial charge in [-0.1, -0.05) is 32.1 Å². The van der Waals surface area contributed by atoms with E-state index in [9.17, 15) is 4.79 Å². The number of nitrogens with zero attached hydrogens (tertiary/aromatic N) is 3. The van der Waals surface area contributed by atoms with Crippen LogP contribution in [0, 0.1) is 6.92 Å². The predicted molar refractivity (Wildman–Crippen MR) is 98.4 cm³/mol. The number of unbranched alkanes of at least 4 members (excludes halogenated alkanes) is 1. The highest BCUT2D eigenvalue weighted by atomic mass is 16.2. The summed E-state index contributed by atoms with van der Waals surface area (Å²) in [5.41, 5.74) is 3.58. The molecule has 1 rings (SSSR count). The third kappa shape index (κ3) is 5.40. The maximum absolute atomic E-state index is 12.1. The molecule has 0 aliphatic carbocycles. The molecule has 4 nitrogen and oxygen atoms in total. The zero-order valence-electron chi connectivity index (χ0n) is 14.7. The van der Waals surface area contributed by atoms with Crippen molar-refractivity contribution < 1.29 is 4.79 Å². The summed E-state index contributed by atoms with van der Waals surface area (Å²) in [7, 11) is 1.75. The van der Waals surface area contributed by atoms with Crippen LogP contribution in [0.2, 0.25) is 0 Å². The second-order valence-electron chi connectivity index (χ2n) is 5.63. The van der Waals surface area contributed by atoms with Crippen LogP contribution in [0.1, 0.15) is 38.7 Å². The molecule has 23 heavy (non-hydrogen) atoms. The van der Waals surface area contributed by atoms with Crippen LogP contribution in [0.5, 0.6) is 0 Å². The Balaban J connectivity index is 2.90. The second-order valence-corrected chi connectivity index (χ2v) is 5.63. The maximum atomic E-state index is 12.1. The Labute approximate surface area is 139 Å². The average molecular weight is 313 g/mol. The van der Waals surface area contributed by atoms with Crippen LogP contribution in [0.4, 0.5) is 5.69 Å². The minimum atomic E-state index is 0.0783. The number of rotatable bonds is 8. The van der Waals surface area contributed by atoms with E-state index in [0.29, 0.717) is 12.1 Å². The summed E-state index contributed by atoms with van der Waals surface area (Å²) in [6.07, 6.45) is 4.28. The normalized spacial score (nSPS) is 11.0. The van der Waals surface area contributed by atoms with Gasteiger partial charge < -0.3 is 4.90 Å². The predicted octanol–water partition coefficient (Wildman–Crippen LogP) is 4.48. The number of carbonyl (C=O) groups excluding carboxylic acids is 1. The van der Waals surface area contributed by atoms with E-state index in [4.69, 9.17) is 0 Å². The molecule has 1 aromatic rings. The molecule has 0 unspecified atom stereocenters. The highest BCUT2D eigenvalue weighted by Crippen LogP contribution is 2.21. The summed E-state index contributed by atoms with van der Waals surface area (Å²) >= 11 is 0. The first-order valence-electron chi connectivity index (χ1n) is 7.87. The van der Waals surface area contributed by atoms with Crippen LogP contribution in [-0.4, -0.2) is 24.6 Å². The molecule has 0 aliphatic rings. The molecular weight excluding hydrogens is 286 g/mol. The average Bonchev–Trinajstić information content (AvgIpc) is 2.52. The molecule has 0 saturated carbocycles. The van der Waals surface area contributed by atoms with Gasteiger partial charge in [0.1, 0.15) is 0 Å². The molecule has 1 amide bonds. The number of hydrazone groups is 1. The minimum Gasteiger partial charge on any atom is -0.316 e. The molecule has 124 valence electrons. The van der Waals surface area contributed by atoms with Crippen LogP contribution in [-0.2, 0) is 4.79 Å². The fourth-order valence-corrected chi connectivity index (χ4v) is 2.21. The first-order chi connectivity index (χ1) is 10.9. The molecule has 0 fully saturated rings. The van der Waals surface area contributed by atoms with Gasteiger partial charge >= 0.3 is 0 Å². The molecular formula is C19H27N3O. The van der Waals surface area contributed by atoms with Gasteiger partial charge in [-0.25, -0.2) is 5.01 Å². The zero-order chi connectivity index (χ0) is 17.4. The number of likely N-dealkylation sites (N-methyl/N-ethyl adjacent to an activating group) is 1. The van der Waals surface area contributed by atoms with Crippen LogP contribution >= 0.6 is 0 Å². The molecule has 0 aromatic heterocycles. The van der Waals surface area contributed by atoms with Crippen molar-refractivity contribution in [2.24, 2.45) is 5.10 Å². The van der Waals surface area contributed by atoms with Gasteiger partial charge in [-0.05, 0) is 44.0 Å². The van der Waals surface area contributed by atoms with Crippen molar-refractivity contribution >= 4 is 18.3 Å². The van der Waals surface area contributed by atoms with Crippen molar-refractivity contribution in [3.8, 4) is 0 Å². The topological polar surface area (TPSA) is 35.9 Å². The Morgan fingerprint density at radius 2 is 2.09 bits per heavy atom. The smallest absolute Gasteiger partial charge is 0.226 e. The van der Waals surface area contributed by atoms with E-state index in [1.165, 1.54) is 0 Å². The Kier molecular flexibility index (Phi) is 7.26. The molecule has 0 atom stereocenters. The van der Waals surface area contributed by atoms with Gasteiger partial charge in [0.05, 0.1) is 5.69 Å². The molecule has 4 heteroatoms. The van der Waals surface area contributed by atoms with Crippen LogP contribution < -0.4 is 5.01 Å². The molecule has 0 spiro atoms. The molecule has 0 aliphatic heterocycles. The summed E-state index contributed by atoms with van der Waals surface area (Å²) in [5, 5.41) is 5.82. The number of aryl methyl sites for hydroxylation is 1. The molecule has 1 aromatic carbocycles. The molecule has 0 heterocycles. The van der Waals surface area contributed by atoms with E-state index < -0.39 is 0 Å².